The number of aromatic nitrogens is 2. The molecule has 0 radical (unpaired) electrons. The molecule has 1 aromatic carbocycles. The number of carbonyl (C=O) groups excluding carboxylic acids is 1. The second kappa shape index (κ2) is 5.77. The van der Waals surface area contributed by atoms with Crippen molar-refractivity contribution in [2.24, 2.45) is 11.7 Å². The third kappa shape index (κ3) is 2.61. The predicted molar refractivity (Wildman–Crippen MR) is 81.8 cm³/mol. The summed E-state index contributed by atoms with van der Waals surface area (Å²) >= 11 is 0. The minimum absolute atomic E-state index is 0.0351. The maximum atomic E-state index is 12.7. The number of benzene rings is 1. The fourth-order valence-electron chi connectivity index (χ4n) is 3.25. The Bertz CT molecular complexity index is 658. The highest BCUT2D eigenvalue weighted by Crippen LogP contribution is 2.29. The average molecular weight is 284 g/mol. The average Bonchev–Trinajstić information content (AvgIpc) is 3.01. The fourth-order valence-corrected chi connectivity index (χ4v) is 3.25. The van der Waals surface area contributed by atoms with E-state index in [9.17, 15) is 4.79 Å². The van der Waals surface area contributed by atoms with Crippen LogP contribution in [0.1, 0.15) is 29.6 Å². The highest BCUT2D eigenvalue weighted by Gasteiger charge is 2.32. The number of hydrogen-bond donors (Lipinski definition) is 1. The summed E-state index contributed by atoms with van der Waals surface area (Å²) in [6, 6.07) is 5.73. The monoisotopic (exact) mass is 284 g/mol. The molecule has 2 aromatic rings. The zero-order valence-corrected chi connectivity index (χ0v) is 12.2. The summed E-state index contributed by atoms with van der Waals surface area (Å²) in [4.78, 5) is 23.0. The molecule has 2 N–H and O–H groups in total. The largest absolute Gasteiger partial charge is 0.338 e. The van der Waals surface area contributed by atoms with E-state index in [4.69, 9.17) is 5.73 Å². The van der Waals surface area contributed by atoms with Gasteiger partial charge in [0.05, 0.1) is 11.0 Å². The molecule has 0 bridgehead atoms. The molecule has 1 amide bonds. The van der Waals surface area contributed by atoms with Gasteiger partial charge in [0.2, 0.25) is 0 Å². The van der Waals surface area contributed by atoms with Gasteiger partial charge in [-0.15, -0.1) is 0 Å². The number of fused-ring (bicyclic) bond motifs is 1. The molecule has 2 atom stereocenters. The first-order valence-electron chi connectivity index (χ1n) is 7.38. The summed E-state index contributed by atoms with van der Waals surface area (Å²) in [6.45, 7) is 0.644. The molecular weight excluding hydrogens is 264 g/mol. The lowest BCUT2D eigenvalue weighted by Crippen LogP contribution is -2.41. The lowest BCUT2D eigenvalue weighted by Gasteiger charge is -2.29. The number of carbonyl (C=O) groups is 1. The van der Waals surface area contributed by atoms with Gasteiger partial charge in [-0.1, -0.05) is 6.42 Å². The molecule has 1 heterocycles. The summed E-state index contributed by atoms with van der Waals surface area (Å²) < 4.78 is 0. The third-order valence-electron chi connectivity index (χ3n) is 4.46. The molecular formula is C16H20N4O. The molecule has 5 heteroatoms. The first-order chi connectivity index (χ1) is 10.2. The van der Waals surface area contributed by atoms with E-state index in [-0.39, 0.29) is 11.9 Å². The van der Waals surface area contributed by atoms with E-state index in [1.54, 1.807) is 12.4 Å². The van der Waals surface area contributed by atoms with Gasteiger partial charge in [-0.3, -0.25) is 14.8 Å². The molecule has 0 spiro atoms. The molecule has 110 valence electrons. The zero-order valence-electron chi connectivity index (χ0n) is 12.2. The summed E-state index contributed by atoms with van der Waals surface area (Å²) in [5.74, 6) is 0.451. The molecule has 2 unspecified atom stereocenters. The Morgan fingerprint density at radius 2 is 2.05 bits per heavy atom. The van der Waals surface area contributed by atoms with Crippen molar-refractivity contribution in [3.05, 3.63) is 36.2 Å². The van der Waals surface area contributed by atoms with Crippen LogP contribution >= 0.6 is 0 Å². The summed E-state index contributed by atoms with van der Waals surface area (Å²) in [5.41, 5.74) is 8.03. The van der Waals surface area contributed by atoms with Crippen LogP contribution in [0.3, 0.4) is 0 Å². The van der Waals surface area contributed by atoms with Crippen molar-refractivity contribution in [3.8, 4) is 0 Å². The summed E-state index contributed by atoms with van der Waals surface area (Å²) in [7, 11) is 1.88. The second-order valence-electron chi connectivity index (χ2n) is 5.67. The van der Waals surface area contributed by atoms with Crippen LogP contribution in [0.15, 0.2) is 30.6 Å². The Morgan fingerprint density at radius 3 is 2.81 bits per heavy atom. The Morgan fingerprint density at radius 1 is 1.29 bits per heavy atom. The molecule has 0 aliphatic heterocycles. The normalized spacial score (nSPS) is 21.6. The predicted octanol–water partition coefficient (Wildman–Crippen LogP) is 1.83. The Kier molecular flexibility index (Phi) is 3.84. The van der Waals surface area contributed by atoms with Gasteiger partial charge in [-0.05, 0) is 43.5 Å². The minimum Gasteiger partial charge on any atom is -0.338 e. The lowest BCUT2D eigenvalue weighted by molar-refractivity contribution is 0.0700. The highest BCUT2D eigenvalue weighted by molar-refractivity contribution is 5.97. The van der Waals surface area contributed by atoms with Crippen LogP contribution < -0.4 is 5.73 Å². The van der Waals surface area contributed by atoms with Gasteiger partial charge < -0.3 is 10.6 Å². The third-order valence-corrected chi connectivity index (χ3v) is 4.46. The Balaban J connectivity index is 1.85. The lowest BCUT2D eigenvalue weighted by atomic mass is 10.0. The SMILES string of the molecule is CN(C(=O)c1ccc2nccnc2c1)C1CCCC1CN. The molecule has 1 fully saturated rings. The van der Waals surface area contributed by atoms with Crippen LogP contribution in [0.2, 0.25) is 0 Å². The molecule has 3 rings (SSSR count). The van der Waals surface area contributed by atoms with E-state index < -0.39 is 0 Å². The Labute approximate surface area is 124 Å². The van der Waals surface area contributed by atoms with Gasteiger partial charge in [0.15, 0.2) is 0 Å². The van der Waals surface area contributed by atoms with Gasteiger partial charge in [-0.2, -0.15) is 0 Å². The van der Waals surface area contributed by atoms with Crippen molar-refractivity contribution in [2.75, 3.05) is 13.6 Å². The fraction of sp³-hybridized carbons (Fsp3) is 0.438. The van der Waals surface area contributed by atoms with Crippen molar-refractivity contribution in [1.82, 2.24) is 14.9 Å². The Hall–Kier alpha value is -2.01. The summed E-state index contributed by atoms with van der Waals surface area (Å²) in [6.07, 6.45) is 6.59. The number of amides is 1. The van der Waals surface area contributed by atoms with E-state index in [0.29, 0.717) is 18.0 Å². The smallest absolute Gasteiger partial charge is 0.253 e. The van der Waals surface area contributed by atoms with E-state index in [2.05, 4.69) is 9.97 Å². The zero-order chi connectivity index (χ0) is 14.8. The van der Waals surface area contributed by atoms with Crippen LogP contribution in [0.4, 0.5) is 0 Å². The first-order valence-corrected chi connectivity index (χ1v) is 7.38. The second-order valence-corrected chi connectivity index (χ2v) is 5.67. The van der Waals surface area contributed by atoms with E-state index in [1.807, 2.05) is 30.1 Å². The van der Waals surface area contributed by atoms with Crippen LogP contribution in [0.5, 0.6) is 0 Å². The van der Waals surface area contributed by atoms with Crippen molar-refractivity contribution in [3.63, 3.8) is 0 Å². The van der Waals surface area contributed by atoms with Crippen molar-refractivity contribution in [2.45, 2.75) is 25.3 Å². The van der Waals surface area contributed by atoms with Gasteiger partial charge in [0, 0.05) is 31.0 Å². The first kappa shape index (κ1) is 13.9. The quantitative estimate of drug-likeness (QED) is 0.933. The number of nitrogens with zero attached hydrogens (tertiary/aromatic N) is 3. The van der Waals surface area contributed by atoms with Crippen LogP contribution in [-0.4, -0.2) is 40.4 Å². The van der Waals surface area contributed by atoms with E-state index in [0.717, 1.165) is 30.3 Å². The summed E-state index contributed by atoms with van der Waals surface area (Å²) in [5, 5.41) is 0. The van der Waals surface area contributed by atoms with Gasteiger partial charge >= 0.3 is 0 Å². The van der Waals surface area contributed by atoms with Crippen molar-refractivity contribution < 1.29 is 4.79 Å². The molecule has 1 aliphatic carbocycles. The van der Waals surface area contributed by atoms with Gasteiger partial charge in [0.25, 0.3) is 5.91 Å². The van der Waals surface area contributed by atoms with Crippen molar-refractivity contribution >= 4 is 16.9 Å². The maximum Gasteiger partial charge on any atom is 0.253 e. The molecule has 0 saturated heterocycles. The number of rotatable bonds is 3. The molecule has 1 aliphatic rings. The molecule has 5 nitrogen and oxygen atoms in total. The molecule has 21 heavy (non-hydrogen) atoms. The van der Waals surface area contributed by atoms with E-state index in [1.165, 1.54) is 0 Å². The number of nitrogens with two attached hydrogens (primary N) is 1. The van der Waals surface area contributed by atoms with E-state index >= 15 is 0 Å². The topological polar surface area (TPSA) is 72.1 Å². The molecule has 1 aromatic heterocycles. The van der Waals surface area contributed by atoms with Gasteiger partial charge in [0.1, 0.15) is 0 Å². The van der Waals surface area contributed by atoms with Crippen LogP contribution in [0.25, 0.3) is 11.0 Å². The maximum absolute atomic E-state index is 12.7. The van der Waals surface area contributed by atoms with Crippen LogP contribution in [0, 0.1) is 5.92 Å². The molecule has 1 saturated carbocycles. The minimum atomic E-state index is 0.0351. The van der Waals surface area contributed by atoms with Gasteiger partial charge in [-0.25, -0.2) is 0 Å². The van der Waals surface area contributed by atoms with Crippen molar-refractivity contribution in [1.29, 1.82) is 0 Å². The standard InChI is InChI=1S/C16H20N4O/c1-20(15-4-2-3-12(15)10-17)16(21)11-5-6-13-14(9-11)19-8-7-18-13/h5-9,12,15H,2-4,10,17H2,1H3. The van der Waals surface area contributed by atoms with Crippen LogP contribution in [-0.2, 0) is 0 Å². The number of hydrogen-bond acceptors (Lipinski definition) is 4. The highest BCUT2D eigenvalue weighted by atomic mass is 16.2.